The number of carbonyl (C=O) groups is 1. The van der Waals surface area contributed by atoms with E-state index in [-0.39, 0.29) is 0 Å². The number of aliphatic hydroxyl groups is 1. The molecule has 76 valence electrons. The molecule has 2 N–H and O–H groups in total. The van der Waals surface area contributed by atoms with E-state index < -0.39 is 17.5 Å². The van der Waals surface area contributed by atoms with Crippen molar-refractivity contribution in [2.45, 2.75) is 31.3 Å². The molecule has 1 aromatic heterocycles. The maximum absolute atomic E-state index is 11.2. The number of aliphatic carboxylic acids is 1. The molecule has 2 rings (SSSR count). The van der Waals surface area contributed by atoms with Gasteiger partial charge in [0, 0.05) is 4.88 Å². The smallest absolute Gasteiger partial charge is 0.315 e. The third-order valence-electron chi connectivity index (χ3n) is 2.78. The van der Waals surface area contributed by atoms with Crippen molar-refractivity contribution in [2.24, 2.45) is 0 Å². The van der Waals surface area contributed by atoms with Gasteiger partial charge in [-0.3, -0.25) is 4.79 Å². The number of aliphatic hydroxyl groups excluding tert-OH is 1. The quantitative estimate of drug-likeness (QED) is 0.781. The predicted octanol–water partition coefficient (Wildman–Crippen LogP) is 1.53. The summed E-state index contributed by atoms with van der Waals surface area (Å²) in [6, 6.07) is 1.91. The lowest BCUT2D eigenvalue weighted by molar-refractivity contribution is -0.152. The van der Waals surface area contributed by atoms with Crippen LogP contribution in [-0.4, -0.2) is 22.3 Å². The number of thiophene rings is 1. The first-order valence-electron chi connectivity index (χ1n) is 4.52. The summed E-state index contributed by atoms with van der Waals surface area (Å²) in [5.41, 5.74) is 0.283. The Labute approximate surface area is 86.0 Å². The highest BCUT2D eigenvalue weighted by Gasteiger charge is 2.52. The number of rotatable bonds is 2. The number of carboxylic acids is 1. The lowest BCUT2D eigenvalue weighted by Crippen LogP contribution is -2.50. The molecule has 1 heterocycles. The first-order valence-corrected chi connectivity index (χ1v) is 5.40. The molecule has 0 unspecified atom stereocenters. The number of carboxylic acid groups (broad SMARTS) is 1. The molecule has 0 spiro atoms. The van der Waals surface area contributed by atoms with Crippen molar-refractivity contribution in [3.05, 3.63) is 21.9 Å². The molecule has 1 aromatic rings. The monoisotopic (exact) mass is 212 g/mol. The Bertz CT molecular complexity index is 363. The zero-order valence-electron chi connectivity index (χ0n) is 7.86. The topological polar surface area (TPSA) is 57.5 Å². The molecule has 3 nitrogen and oxygen atoms in total. The average molecular weight is 212 g/mol. The summed E-state index contributed by atoms with van der Waals surface area (Å²) in [4.78, 5) is 12.0. The van der Waals surface area contributed by atoms with E-state index >= 15 is 0 Å². The third kappa shape index (κ3) is 1.26. The molecule has 1 saturated carbocycles. The van der Waals surface area contributed by atoms with Crippen molar-refractivity contribution in [2.75, 3.05) is 0 Å². The van der Waals surface area contributed by atoms with Gasteiger partial charge in [0.1, 0.15) is 5.41 Å². The van der Waals surface area contributed by atoms with Gasteiger partial charge in [-0.1, -0.05) is 0 Å². The summed E-state index contributed by atoms with van der Waals surface area (Å²) in [7, 11) is 0. The molecule has 0 radical (unpaired) electrons. The van der Waals surface area contributed by atoms with E-state index in [2.05, 4.69) is 0 Å². The molecule has 1 aliphatic rings. The Morgan fingerprint density at radius 1 is 1.64 bits per heavy atom. The minimum Gasteiger partial charge on any atom is -0.481 e. The van der Waals surface area contributed by atoms with Gasteiger partial charge in [0.05, 0.1) is 6.10 Å². The van der Waals surface area contributed by atoms with Crippen molar-refractivity contribution in [1.29, 1.82) is 0 Å². The second-order valence-electron chi connectivity index (χ2n) is 3.94. The van der Waals surface area contributed by atoms with Crippen LogP contribution in [0.25, 0.3) is 0 Å². The largest absolute Gasteiger partial charge is 0.481 e. The van der Waals surface area contributed by atoms with Crippen LogP contribution in [0, 0.1) is 6.92 Å². The lowest BCUT2D eigenvalue weighted by atomic mass is 9.66. The normalized spacial score (nSPS) is 31.1. The maximum atomic E-state index is 11.2. The van der Waals surface area contributed by atoms with Crippen molar-refractivity contribution in [1.82, 2.24) is 0 Å². The van der Waals surface area contributed by atoms with Crippen molar-refractivity contribution < 1.29 is 15.0 Å². The van der Waals surface area contributed by atoms with Gasteiger partial charge in [0.2, 0.25) is 0 Å². The van der Waals surface area contributed by atoms with Gasteiger partial charge in [-0.25, -0.2) is 0 Å². The zero-order valence-corrected chi connectivity index (χ0v) is 8.67. The van der Waals surface area contributed by atoms with Crippen LogP contribution in [0.2, 0.25) is 0 Å². The van der Waals surface area contributed by atoms with E-state index in [0.717, 1.165) is 10.4 Å². The molecule has 14 heavy (non-hydrogen) atoms. The summed E-state index contributed by atoms with van der Waals surface area (Å²) in [5, 5.41) is 20.4. The van der Waals surface area contributed by atoms with Gasteiger partial charge in [-0.05, 0) is 36.8 Å². The fourth-order valence-electron chi connectivity index (χ4n) is 1.91. The Morgan fingerprint density at radius 3 is 2.64 bits per heavy atom. The van der Waals surface area contributed by atoms with E-state index in [1.54, 1.807) is 0 Å². The second-order valence-corrected chi connectivity index (χ2v) is 4.85. The van der Waals surface area contributed by atoms with Crippen LogP contribution in [0.1, 0.15) is 23.3 Å². The summed E-state index contributed by atoms with van der Waals surface area (Å²) in [6.45, 7) is 1.95. The highest BCUT2D eigenvalue weighted by atomic mass is 32.1. The van der Waals surface area contributed by atoms with E-state index in [9.17, 15) is 9.90 Å². The molecule has 0 bridgehead atoms. The second kappa shape index (κ2) is 3.07. The lowest BCUT2D eigenvalue weighted by Gasteiger charge is -2.40. The standard InChI is InChI=1S/C10H12O3S/c1-6-2-8(14-5-6)10(9(12)13)3-7(11)4-10/h2,5,7,11H,3-4H2,1H3,(H,12,13). The SMILES string of the molecule is Cc1csc(C2(C(=O)O)CC(O)C2)c1. The molecular weight excluding hydrogens is 200 g/mol. The fraction of sp³-hybridized carbons (Fsp3) is 0.500. The number of hydrogen-bond acceptors (Lipinski definition) is 3. The summed E-state index contributed by atoms with van der Waals surface area (Å²) >= 11 is 1.47. The molecule has 0 aliphatic heterocycles. The van der Waals surface area contributed by atoms with Crippen LogP contribution in [-0.2, 0) is 10.2 Å². The van der Waals surface area contributed by atoms with Gasteiger partial charge in [-0.2, -0.15) is 0 Å². The Balaban J connectivity index is 2.34. The fourth-order valence-corrected chi connectivity index (χ4v) is 3.02. The van der Waals surface area contributed by atoms with Crippen molar-refractivity contribution in [3.63, 3.8) is 0 Å². The Hall–Kier alpha value is -0.870. The van der Waals surface area contributed by atoms with Crippen LogP contribution in [0.15, 0.2) is 11.4 Å². The van der Waals surface area contributed by atoms with Crippen LogP contribution >= 0.6 is 11.3 Å². The first kappa shape index (κ1) is 9.68. The molecule has 0 aromatic carbocycles. The maximum Gasteiger partial charge on any atom is 0.315 e. The van der Waals surface area contributed by atoms with Crippen molar-refractivity contribution >= 4 is 17.3 Å². The van der Waals surface area contributed by atoms with E-state index in [1.807, 2.05) is 18.4 Å². The van der Waals surface area contributed by atoms with Crippen LogP contribution in [0.3, 0.4) is 0 Å². The molecule has 1 fully saturated rings. The van der Waals surface area contributed by atoms with Gasteiger partial charge in [0.15, 0.2) is 0 Å². The molecule has 0 saturated heterocycles. The van der Waals surface area contributed by atoms with E-state index in [4.69, 9.17) is 5.11 Å². The summed E-state index contributed by atoms with van der Waals surface area (Å²) < 4.78 is 0. The molecule has 0 atom stereocenters. The molecule has 0 amide bonds. The zero-order chi connectivity index (χ0) is 10.3. The van der Waals surface area contributed by atoms with E-state index in [1.165, 1.54) is 11.3 Å². The van der Waals surface area contributed by atoms with Crippen LogP contribution in [0.5, 0.6) is 0 Å². The number of hydrogen-bond donors (Lipinski definition) is 2. The van der Waals surface area contributed by atoms with Crippen LogP contribution < -0.4 is 0 Å². The summed E-state index contributed by atoms with van der Waals surface area (Å²) in [5.74, 6) is -0.815. The third-order valence-corrected chi connectivity index (χ3v) is 4.03. The predicted molar refractivity (Wildman–Crippen MR) is 53.6 cm³/mol. The molecular formula is C10H12O3S. The van der Waals surface area contributed by atoms with E-state index in [0.29, 0.717) is 12.8 Å². The van der Waals surface area contributed by atoms with Gasteiger partial charge < -0.3 is 10.2 Å². The van der Waals surface area contributed by atoms with Crippen LogP contribution in [0.4, 0.5) is 0 Å². The highest BCUT2D eigenvalue weighted by molar-refractivity contribution is 7.10. The highest BCUT2D eigenvalue weighted by Crippen LogP contribution is 2.46. The van der Waals surface area contributed by atoms with Crippen molar-refractivity contribution in [3.8, 4) is 0 Å². The van der Waals surface area contributed by atoms with Gasteiger partial charge in [0.25, 0.3) is 0 Å². The first-order chi connectivity index (χ1) is 6.54. The Morgan fingerprint density at radius 2 is 2.29 bits per heavy atom. The van der Waals surface area contributed by atoms with Gasteiger partial charge in [-0.15, -0.1) is 11.3 Å². The minimum atomic E-state index is -0.815. The summed E-state index contributed by atoms with van der Waals surface area (Å²) in [6.07, 6.45) is 0.249. The molecule has 4 heteroatoms. The molecule has 1 aliphatic carbocycles. The number of aryl methyl sites for hydroxylation is 1. The Kier molecular flexibility index (Phi) is 2.12. The minimum absolute atomic E-state index is 0.349. The van der Waals surface area contributed by atoms with Gasteiger partial charge >= 0.3 is 5.97 Å². The average Bonchev–Trinajstić information content (AvgIpc) is 2.45.